The first kappa shape index (κ1) is 28.4. The Kier molecular flexibility index (Phi) is 14.0. The molecule has 0 aliphatic carbocycles. The monoisotopic (exact) mass is 461 g/mol. The summed E-state index contributed by atoms with van der Waals surface area (Å²) >= 11 is 4.02. The number of aldehydes is 1. The maximum atomic E-state index is 13.0. The van der Waals surface area contributed by atoms with Crippen molar-refractivity contribution in [3.63, 3.8) is 0 Å². The van der Waals surface area contributed by atoms with Gasteiger partial charge < -0.3 is 26.4 Å². The number of carboxylic acids is 2. The van der Waals surface area contributed by atoms with Crippen molar-refractivity contribution in [1.29, 1.82) is 0 Å². The third-order valence-corrected chi connectivity index (χ3v) is 4.74. The first-order valence-corrected chi connectivity index (χ1v) is 10.5. The van der Waals surface area contributed by atoms with Crippen LogP contribution >= 0.6 is 12.6 Å². The maximum absolute atomic E-state index is 13.0. The summed E-state index contributed by atoms with van der Waals surface area (Å²) in [5.74, 6) is -5.15. The first-order valence-electron chi connectivity index (χ1n) is 9.87. The number of unbranched alkanes of at least 4 members (excludes halogenated alkanes) is 3. The zero-order chi connectivity index (χ0) is 24.0. The first-order chi connectivity index (χ1) is 14.6. The number of aliphatic hydroxyl groups is 1. The number of aliphatic hydroxyl groups excluding tert-OH is 1. The molecule has 2 atom stereocenters. The molecule has 31 heavy (non-hydrogen) atoms. The molecule has 0 spiro atoms. The van der Waals surface area contributed by atoms with Gasteiger partial charge in [-0.15, -0.1) is 0 Å². The minimum absolute atomic E-state index is 0.0876. The molecule has 0 aliphatic heterocycles. The number of carboxylic acid groups (broad SMARTS) is 2. The SMILES string of the molecule is CCCCCCC(=C(O)C=O)N(CC(=O)O)C(=O)C(CS)NC(=O)CCC(N)C(=O)O. The molecule has 0 radical (unpaired) electrons. The van der Waals surface area contributed by atoms with E-state index in [2.05, 4.69) is 17.9 Å². The van der Waals surface area contributed by atoms with Gasteiger partial charge in [0.25, 0.3) is 5.91 Å². The van der Waals surface area contributed by atoms with Crippen LogP contribution in [0.25, 0.3) is 0 Å². The average Bonchev–Trinajstić information content (AvgIpc) is 2.73. The van der Waals surface area contributed by atoms with Gasteiger partial charge in [0.2, 0.25) is 5.91 Å². The van der Waals surface area contributed by atoms with Gasteiger partial charge in [-0.1, -0.05) is 26.2 Å². The Bertz CT molecular complexity index is 683. The summed E-state index contributed by atoms with van der Waals surface area (Å²) in [6.07, 6.45) is 2.84. The second-order valence-electron chi connectivity index (χ2n) is 6.86. The molecule has 2 unspecified atom stereocenters. The van der Waals surface area contributed by atoms with Crippen LogP contribution in [0.15, 0.2) is 11.5 Å². The molecule has 0 aromatic heterocycles. The quantitative estimate of drug-likeness (QED) is 0.0623. The van der Waals surface area contributed by atoms with Gasteiger partial charge in [0, 0.05) is 12.2 Å². The number of nitrogens with two attached hydrogens (primary N) is 1. The Morgan fingerprint density at radius 2 is 1.74 bits per heavy atom. The predicted octanol–water partition coefficient (Wildman–Crippen LogP) is 0.445. The molecule has 0 saturated carbocycles. The molecule has 0 saturated heterocycles. The largest absolute Gasteiger partial charge is 0.503 e. The minimum atomic E-state index is -1.38. The van der Waals surface area contributed by atoms with E-state index in [4.69, 9.17) is 10.8 Å². The van der Waals surface area contributed by atoms with Crippen molar-refractivity contribution >= 4 is 42.7 Å². The van der Waals surface area contributed by atoms with Crippen LogP contribution in [0.2, 0.25) is 0 Å². The molecular weight excluding hydrogens is 430 g/mol. The van der Waals surface area contributed by atoms with Crippen LogP contribution in [0.4, 0.5) is 0 Å². The van der Waals surface area contributed by atoms with E-state index in [1.165, 1.54) is 0 Å². The highest BCUT2D eigenvalue weighted by Crippen LogP contribution is 2.19. The van der Waals surface area contributed by atoms with Crippen LogP contribution in [-0.4, -0.2) is 74.6 Å². The molecule has 6 N–H and O–H groups in total. The van der Waals surface area contributed by atoms with Gasteiger partial charge in [0.05, 0.1) is 5.70 Å². The number of nitrogens with one attached hydrogen (secondary N) is 1. The van der Waals surface area contributed by atoms with Crippen molar-refractivity contribution in [3.05, 3.63) is 11.5 Å². The van der Waals surface area contributed by atoms with Crippen molar-refractivity contribution < 1.29 is 39.3 Å². The van der Waals surface area contributed by atoms with Crippen LogP contribution in [0.3, 0.4) is 0 Å². The third kappa shape index (κ3) is 10.8. The Hall–Kier alpha value is -2.60. The second-order valence-corrected chi connectivity index (χ2v) is 7.23. The van der Waals surface area contributed by atoms with Crippen LogP contribution in [0, 0.1) is 0 Å². The number of carbonyl (C=O) groups excluding carboxylic acids is 3. The number of hydrogen-bond donors (Lipinski definition) is 6. The fraction of sp³-hybridized carbons (Fsp3) is 0.632. The van der Waals surface area contributed by atoms with Crippen LogP contribution in [0.5, 0.6) is 0 Å². The van der Waals surface area contributed by atoms with Crippen LogP contribution in [0.1, 0.15) is 51.9 Å². The fourth-order valence-corrected chi connectivity index (χ4v) is 2.93. The molecule has 11 nitrogen and oxygen atoms in total. The molecular formula is C19H31N3O8S. The van der Waals surface area contributed by atoms with Crippen molar-refractivity contribution in [2.45, 2.75) is 64.0 Å². The lowest BCUT2D eigenvalue weighted by molar-refractivity contribution is -0.144. The van der Waals surface area contributed by atoms with Gasteiger partial charge in [-0.3, -0.25) is 28.9 Å². The van der Waals surface area contributed by atoms with Crippen LogP contribution in [-0.2, 0) is 24.0 Å². The van der Waals surface area contributed by atoms with E-state index in [0.717, 1.165) is 24.2 Å². The Labute approximate surface area is 186 Å². The van der Waals surface area contributed by atoms with E-state index in [-0.39, 0.29) is 37.0 Å². The topological polar surface area (TPSA) is 187 Å². The summed E-state index contributed by atoms with van der Waals surface area (Å²) in [6.45, 7) is 1.16. The van der Waals surface area contributed by atoms with E-state index in [1.54, 1.807) is 0 Å². The number of carbonyl (C=O) groups is 5. The highest BCUT2D eigenvalue weighted by molar-refractivity contribution is 7.80. The van der Waals surface area contributed by atoms with Gasteiger partial charge in [0.15, 0.2) is 12.0 Å². The van der Waals surface area contributed by atoms with Gasteiger partial charge >= 0.3 is 11.9 Å². The average molecular weight is 462 g/mol. The molecule has 176 valence electrons. The minimum Gasteiger partial charge on any atom is -0.503 e. The third-order valence-electron chi connectivity index (χ3n) is 4.38. The fourth-order valence-electron chi connectivity index (χ4n) is 2.68. The highest BCUT2D eigenvalue weighted by Gasteiger charge is 2.30. The summed E-state index contributed by atoms with van der Waals surface area (Å²) in [6, 6.07) is -2.51. The van der Waals surface area contributed by atoms with E-state index in [1.807, 2.05) is 6.92 Å². The summed E-state index contributed by atoms with van der Waals surface area (Å²) in [7, 11) is 0. The van der Waals surface area contributed by atoms with Gasteiger partial charge in [-0.25, -0.2) is 0 Å². The number of rotatable bonds is 16. The standard InChI is InChI=1S/C19H31N3O8S/c1-2-3-4-5-6-14(15(24)10-23)22(9-17(26)27)18(28)13(11-31)21-16(25)8-7-12(20)19(29)30/h10,12-13,24,31H,2-9,11,20H2,1H3,(H,21,25)(H,26,27)(H,29,30). The van der Waals surface area contributed by atoms with E-state index in [9.17, 15) is 34.2 Å². The number of nitrogens with zero attached hydrogens (tertiary/aromatic N) is 1. The number of amides is 2. The molecule has 0 rings (SSSR count). The molecule has 2 amide bonds. The Balaban J connectivity index is 5.52. The van der Waals surface area contributed by atoms with Crippen molar-refractivity contribution in [2.24, 2.45) is 5.73 Å². The molecule has 0 heterocycles. The highest BCUT2D eigenvalue weighted by atomic mass is 32.1. The maximum Gasteiger partial charge on any atom is 0.323 e. The lowest BCUT2D eigenvalue weighted by Crippen LogP contribution is -2.51. The summed E-state index contributed by atoms with van der Waals surface area (Å²) < 4.78 is 0. The molecule has 0 aromatic carbocycles. The molecule has 0 aliphatic rings. The second kappa shape index (κ2) is 15.2. The van der Waals surface area contributed by atoms with Gasteiger partial charge in [-0.2, -0.15) is 12.6 Å². The number of aliphatic carboxylic acids is 2. The van der Waals surface area contributed by atoms with Crippen molar-refractivity contribution in [3.8, 4) is 0 Å². The summed E-state index contributed by atoms with van der Waals surface area (Å²) in [5, 5.41) is 30.3. The predicted molar refractivity (Wildman–Crippen MR) is 114 cm³/mol. The molecule has 0 aromatic rings. The van der Waals surface area contributed by atoms with Crippen molar-refractivity contribution in [1.82, 2.24) is 10.2 Å². The number of allylic oxidation sites excluding steroid dienone is 2. The zero-order valence-corrected chi connectivity index (χ0v) is 18.3. The number of hydrogen-bond acceptors (Lipinski definition) is 8. The van der Waals surface area contributed by atoms with E-state index < -0.39 is 48.1 Å². The van der Waals surface area contributed by atoms with Crippen LogP contribution < -0.4 is 11.1 Å². The molecule has 0 bridgehead atoms. The zero-order valence-electron chi connectivity index (χ0n) is 17.5. The smallest absolute Gasteiger partial charge is 0.323 e. The lowest BCUT2D eigenvalue weighted by Gasteiger charge is -2.28. The Morgan fingerprint density at radius 3 is 2.23 bits per heavy atom. The normalized spacial score (nSPS) is 13.5. The Morgan fingerprint density at radius 1 is 1.10 bits per heavy atom. The van der Waals surface area contributed by atoms with E-state index in [0.29, 0.717) is 6.42 Å². The van der Waals surface area contributed by atoms with Gasteiger partial charge in [0.1, 0.15) is 18.6 Å². The molecule has 0 fully saturated rings. The number of thiol groups is 1. The molecule has 12 heteroatoms. The van der Waals surface area contributed by atoms with Gasteiger partial charge in [-0.05, 0) is 19.3 Å². The van der Waals surface area contributed by atoms with E-state index >= 15 is 0 Å². The lowest BCUT2D eigenvalue weighted by atomic mass is 10.1. The van der Waals surface area contributed by atoms with Crippen molar-refractivity contribution in [2.75, 3.05) is 12.3 Å². The summed E-state index contributed by atoms with van der Waals surface area (Å²) in [4.78, 5) is 59.0. The summed E-state index contributed by atoms with van der Waals surface area (Å²) in [5.41, 5.74) is 5.20.